The van der Waals surface area contributed by atoms with Gasteiger partial charge in [-0.3, -0.25) is 9.59 Å². The van der Waals surface area contributed by atoms with Crippen LogP contribution in [0.5, 0.6) is 0 Å². The van der Waals surface area contributed by atoms with Crippen LogP contribution in [-0.4, -0.2) is 11.6 Å². The molecule has 2 heteroatoms. The number of Topliss-reactive ketones (excluding diaryl/α,β-unsaturated/α-hetero) is 2. The molecule has 2 saturated carbocycles. The van der Waals surface area contributed by atoms with E-state index in [9.17, 15) is 9.59 Å². The van der Waals surface area contributed by atoms with Gasteiger partial charge >= 0.3 is 0 Å². The third-order valence-electron chi connectivity index (χ3n) is 5.01. The summed E-state index contributed by atoms with van der Waals surface area (Å²) in [5.74, 6) is 0.224. The Morgan fingerprint density at radius 3 is 2.61 bits per heavy atom. The van der Waals surface area contributed by atoms with E-state index in [0.29, 0.717) is 18.3 Å². The number of ketones is 2. The zero-order valence-electron chi connectivity index (χ0n) is 11.7. The molecule has 0 radical (unpaired) electrons. The van der Waals surface area contributed by atoms with Gasteiger partial charge in [0.15, 0.2) is 0 Å². The van der Waals surface area contributed by atoms with Gasteiger partial charge in [-0.15, -0.1) is 0 Å². The minimum absolute atomic E-state index is 0.231. The number of unbranched alkanes of at least 4 members (excludes halogenated alkanes) is 2. The Kier molecular flexibility index (Phi) is 4.58. The molecule has 0 aliphatic heterocycles. The van der Waals surface area contributed by atoms with Crippen molar-refractivity contribution in [3.8, 4) is 0 Å². The monoisotopic (exact) mass is 250 g/mol. The van der Waals surface area contributed by atoms with Crippen molar-refractivity contribution in [2.45, 2.75) is 77.6 Å². The number of carbonyl (C=O) groups is 2. The number of rotatable bonds is 5. The quantitative estimate of drug-likeness (QED) is 0.544. The molecule has 0 aromatic rings. The molecule has 0 bridgehead atoms. The van der Waals surface area contributed by atoms with Crippen LogP contribution >= 0.6 is 0 Å². The molecule has 0 aromatic carbocycles. The second-order valence-corrected chi connectivity index (χ2v) is 6.35. The van der Waals surface area contributed by atoms with Crippen LogP contribution in [0.25, 0.3) is 0 Å². The first-order valence-electron chi connectivity index (χ1n) is 7.72. The summed E-state index contributed by atoms with van der Waals surface area (Å²) in [5, 5.41) is 0. The van der Waals surface area contributed by atoms with Crippen LogP contribution in [0.3, 0.4) is 0 Å². The van der Waals surface area contributed by atoms with Crippen molar-refractivity contribution >= 4 is 11.6 Å². The van der Waals surface area contributed by atoms with E-state index in [1.165, 1.54) is 25.7 Å². The maximum Gasteiger partial charge on any atom is 0.143 e. The van der Waals surface area contributed by atoms with E-state index in [2.05, 4.69) is 6.92 Å². The molecular weight excluding hydrogens is 224 g/mol. The van der Waals surface area contributed by atoms with Crippen molar-refractivity contribution in [1.29, 1.82) is 0 Å². The first-order chi connectivity index (χ1) is 8.67. The molecule has 2 aliphatic rings. The molecule has 2 nitrogen and oxygen atoms in total. The standard InChI is InChI=1S/C16H26O2/c1-2-3-4-7-14(17)13-12-16(9-5-6-10-16)11-8-15(13)18/h13H,2-12H2,1H3. The van der Waals surface area contributed by atoms with Crippen LogP contribution in [0.15, 0.2) is 0 Å². The van der Waals surface area contributed by atoms with Crippen LogP contribution in [0.1, 0.15) is 77.6 Å². The fraction of sp³-hybridized carbons (Fsp3) is 0.875. The smallest absolute Gasteiger partial charge is 0.143 e. The summed E-state index contributed by atoms with van der Waals surface area (Å²) >= 11 is 0. The van der Waals surface area contributed by atoms with Gasteiger partial charge in [0, 0.05) is 12.8 Å². The van der Waals surface area contributed by atoms with Crippen LogP contribution in [-0.2, 0) is 9.59 Å². The molecule has 1 spiro atoms. The van der Waals surface area contributed by atoms with Crippen LogP contribution in [0.2, 0.25) is 0 Å². The molecule has 2 fully saturated rings. The molecule has 0 heterocycles. The molecule has 1 atom stereocenters. The Balaban J connectivity index is 1.92. The lowest BCUT2D eigenvalue weighted by Crippen LogP contribution is -2.36. The fourth-order valence-corrected chi connectivity index (χ4v) is 3.81. The molecule has 102 valence electrons. The molecule has 18 heavy (non-hydrogen) atoms. The van der Waals surface area contributed by atoms with Gasteiger partial charge in [-0.1, -0.05) is 32.6 Å². The van der Waals surface area contributed by atoms with E-state index >= 15 is 0 Å². The molecule has 0 amide bonds. The Hall–Kier alpha value is -0.660. The predicted molar refractivity (Wildman–Crippen MR) is 72.4 cm³/mol. The zero-order chi connectivity index (χ0) is 13.0. The van der Waals surface area contributed by atoms with Gasteiger partial charge in [0.25, 0.3) is 0 Å². The third kappa shape index (κ3) is 3.02. The Morgan fingerprint density at radius 2 is 1.94 bits per heavy atom. The number of hydrogen-bond donors (Lipinski definition) is 0. The van der Waals surface area contributed by atoms with Crippen molar-refractivity contribution in [1.82, 2.24) is 0 Å². The van der Waals surface area contributed by atoms with Gasteiger partial charge in [0.05, 0.1) is 5.92 Å². The lowest BCUT2D eigenvalue weighted by atomic mass is 9.66. The molecule has 0 aromatic heterocycles. The molecule has 2 aliphatic carbocycles. The predicted octanol–water partition coefficient (Wildman–Crippen LogP) is 4.07. The Labute approximate surface area is 111 Å². The van der Waals surface area contributed by atoms with Crippen molar-refractivity contribution in [2.24, 2.45) is 11.3 Å². The fourth-order valence-electron chi connectivity index (χ4n) is 3.81. The SMILES string of the molecule is CCCCCC(=O)C1CC2(CCCC2)CCC1=O. The van der Waals surface area contributed by atoms with E-state index in [1.54, 1.807) is 0 Å². The van der Waals surface area contributed by atoms with Crippen LogP contribution in [0.4, 0.5) is 0 Å². The van der Waals surface area contributed by atoms with Gasteiger partial charge in [0.2, 0.25) is 0 Å². The minimum Gasteiger partial charge on any atom is -0.299 e. The van der Waals surface area contributed by atoms with E-state index in [0.717, 1.165) is 32.1 Å². The summed E-state index contributed by atoms with van der Waals surface area (Å²) < 4.78 is 0. The van der Waals surface area contributed by atoms with E-state index in [-0.39, 0.29) is 17.5 Å². The van der Waals surface area contributed by atoms with Crippen molar-refractivity contribution < 1.29 is 9.59 Å². The number of carbonyl (C=O) groups excluding carboxylic acids is 2. The van der Waals surface area contributed by atoms with Crippen molar-refractivity contribution in [3.05, 3.63) is 0 Å². The lowest BCUT2D eigenvalue weighted by molar-refractivity contribution is -0.137. The molecule has 1 unspecified atom stereocenters. The summed E-state index contributed by atoms with van der Waals surface area (Å²) in [6.07, 6.45) is 11.5. The summed E-state index contributed by atoms with van der Waals surface area (Å²) in [7, 11) is 0. The highest BCUT2D eigenvalue weighted by Gasteiger charge is 2.43. The third-order valence-corrected chi connectivity index (χ3v) is 5.01. The first-order valence-corrected chi connectivity index (χ1v) is 7.72. The molecule has 2 rings (SSSR count). The number of hydrogen-bond acceptors (Lipinski definition) is 2. The summed E-state index contributed by atoms with van der Waals surface area (Å²) in [4.78, 5) is 24.2. The average Bonchev–Trinajstić information content (AvgIpc) is 2.81. The van der Waals surface area contributed by atoms with E-state index < -0.39 is 0 Å². The summed E-state index contributed by atoms with van der Waals surface area (Å²) in [6.45, 7) is 2.14. The first kappa shape index (κ1) is 13.8. The summed E-state index contributed by atoms with van der Waals surface area (Å²) in [5.41, 5.74) is 0.360. The van der Waals surface area contributed by atoms with Crippen molar-refractivity contribution in [3.63, 3.8) is 0 Å². The zero-order valence-corrected chi connectivity index (χ0v) is 11.7. The highest BCUT2D eigenvalue weighted by atomic mass is 16.1. The van der Waals surface area contributed by atoms with E-state index in [4.69, 9.17) is 0 Å². The Morgan fingerprint density at radius 1 is 1.22 bits per heavy atom. The highest BCUT2D eigenvalue weighted by Crippen LogP contribution is 2.50. The highest BCUT2D eigenvalue weighted by molar-refractivity contribution is 6.02. The average molecular weight is 250 g/mol. The van der Waals surface area contributed by atoms with Gasteiger partial charge in [-0.25, -0.2) is 0 Å². The molecule has 0 N–H and O–H groups in total. The maximum absolute atomic E-state index is 12.2. The molecule has 0 saturated heterocycles. The minimum atomic E-state index is -0.242. The van der Waals surface area contributed by atoms with Crippen LogP contribution < -0.4 is 0 Å². The molecular formula is C16H26O2. The van der Waals surface area contributed by atoms with E-state index in [1.807, 2.05) is 0 Å². The largest absolute Gasteiger partial charge is 0.299 e. The van der Waals surface area contributed by atoms with Crippen LogP contribution in [0, 0.1) is 11.3 Å². The lowest BCUT2D eigenvalue weighted by Gasteiger charge is -2.36. The van der Waals surface area contributed by atoms with Gasteiger partial charge in [-0.05, 0) is 37.5 Å². The second kappa shape index (κ2) is 5.99. The van der Waals surface area contributed by atoms with Gasteiger partial charge in [-0.2, -0.15) is 0 Å². The normalized spacial score (nSPS) is 26.7. The Bertz CT molecular complexity index is 313. The van der Waals surface area contributed by atoms with Crippen molar-refractivity contribution in [2.75, 3.05) is 0 Å². The summed E-state index contributed by atoms with van der Waals surface area (Å²) in [6, 6.07) is 0. The topological polar surface area (TPSA) is 34.1 Å². The van der Waals surface area contributed by atoms with Gasteiger partial charge in [0.1, 0.15) is 11.6 Å². The van der Waals surface area contributed by atoms with Gasteiger partial charge < -0.3 is 0 Å². The second-order valence-electron chi connectivity index (χ2n) is 6.35. The maximum atomic E-state index is 12.2.